The maximum Gasteiger partial charge on any atom is 0.306 e. The number of allylic oxidation sites excluding steroid dienone is 1. The van der Waals surface area contributed by atoms with E-state index in [1.165, 1.54) is 0 Å². The molecule has 1 spiro atoms. The molecule has 49 heavy (non-hydrogen) atoms. The van der Waals surface area contributed by atoms with Crippen LogP contribution in [0.2, 0.25) is 0 Å². The molecular weight excluding hydrogens is 690 g/mol. The summed E-state index contributed by atoms with van der Waals surface area (Å²) in [5.74, 6) is -2.78. The van der Waals surface area contributed by atoms with Crippen LogP contribution in [0, 0.1) is 11.8 Å². The zero-order chi connectivity index (χ0) is 35.0. The van der Waals surface area contributed by atoms with Gasteiger partial charge in [-0.2, -0.15) is 0 Å². The molecule has 4 fully saturated rings. The Kier molecular flexibility index (Phi) is 13.1. The molecule has 4 aliphatic rings. The maximum atomic E-state index is 14.8. The van der Waals surface area contributed by atoms with E-state index in [9.17, 15) is 24.3 Å². The summed E-state index contributed by atoms with van der Waals surface area (Å²) in [5.41, 5.74) is -0.391. The lowest BCUT2D eigenvalue weighted by Crippen LogP contribution is -2.58. The van der Waals surface area contributed by atoms with Crippen LogP contribution < -0.4 is 5.32 Å². The van der Waals surface area contributed by atoms with E-state index < -0.39 is 35.6 Å². The van der Waals surface area contributed by atoms with Gasteiger partial charge in [-0.25, -0.2) is 0 Å². The third-order valence-electron chi connectivity index (χ3n) is 10.7. The van der Waals surface area contributed by atoms with Crippen LogP contribution in [-0.4, -0.2) is 93.5 Å². The van der Waals surface area contributed by atoms with Crippen LogP contribution in [0.3, 0.4) is 0 Å². The number of amides is 3. The first-order valence-corrected chi connectivity index (χ1v) is 18.9. The topological polar surface area (TPSA) is 125 Å². The number of benzene rings is 1. The molecule has 1 aromatic rings. The molecule has 10 nitrogen and oxygen atoms in total. The number of aliphatic hydroxyl groups excluding tert-OH is 1. The Labute approximate surface area is 298 Å². The van der Waals surface area contributed by atoms with Gasteiger partial charge in [0.1, 0.15) is 18.2 Å². The molecule has 268 valence electrons. The van der Waals surface area contributed by atoms with Gasteiger partial charge in [0.2, 0.25) is 17.7 Å². The minimum atomic E-state index is -1.16. The molecule has 1 aromatic carbocycles. The predicted molar refractivity (Wildman–Crippen MR) is 189 cm³/mol. The number of alkyl halides is 1. The molecule has 0 radical (unpaired) electrons. The third-order valence-corrected chi connectivity index (χ3v) is 11.6. The number of aliphatic hydroxyl groups is 1. The van der Waals surface area contributed by atoms with E-state index in [1.807, 2.05) is 35.2 Å². The van der Waals surface area contributed by atoms with Crippen molar-refractivity contribution in [2.45, 2.75) is 112 Å². The number of nitrogens with one attached hydrogen (secondary N) is 1. The minimum absolute atomic E-state index is 0.0643. The van der Waals surface area contributed by atoms with E-state index >= 15 is 0 Å². The molecule has 2 bridgehead atoms. The van der Waals surface area contributed by atoms with Gasteiger partial charge >= 0.3 is 5.97 Å². The molecule has 11 heteroatoms. The lowest BCUT2D eigenvalue weighted by atomic mass is 9.70. The van der Waals surface area contributed by atoms with Crippen LogP contribution >= 0.6 is 15.9 Å². The maximum absolute atomic E-state index is 14.8. The second kappa shape index (κ2) is 17.3. The number of rotatable bonds is 18. The highest BCUT2D eigenvalue weighted by Crippen LogP contribution is 2.60. The van der Waals surface area contributed by atoms with Gasteiger partial charge in [0.05, 0.1) is 24.0 Å². The van der Waals surface area contributed by atoms with Crippen molar-refractivity contribution >= 4 is 39.6 Å². The van der Waals surface area contributed by atoms with Crippen LogP contribution in [-0.2, 0) is 28.7 Å². The van der Waals surface area contributed by atoms with Gasteiger partial charge in [0, 0.05) is 37.0 Å². The second-order valence-corrected chi connectivity index (χ2v) is 15.1. The van der Waals surface area contributed by atoms with Crippen LogP contribution in [0.4, 0.5) is 0 Å². The predicted octanol–water partition coefficient (Wildman–Crippen LogP) is 5.00. The molecule has 0 aromatic heterocycles. The Morgan fingerprint density at radius 1 is 1.10 bits per heavy atom. The summed E-state index contributed by atoms with van der Waals surface area (Å²) in [5, 5.41) is 12.4. The molecule has 2 N–H and O–H groups in total. The number of hydrogen-bond acceptors (Lipinski definition) is 7. The van der Waals surface area contributed by atoms with Gasteiger partial charge in [-0.05, 0) is 44.1 Å². The standard InChI is InChI=1S/C38H52BrN3O7/c1-3-5-20-30(44)48-25-29(26-16-10-8-11-17-26)40-35(45)31-32-36(46)42(22-14-6-7-15-23-43)34(38(32)24-28(39)33(31)49-38)37(47)41(21-4-2)27-18-12-9-13-19-27/h3-4,8,10-11,16-17,27-29,31-34,43H,1-2,5-7,9,12-15,18-25H2,(H,40,45)/t28?,29-,31+,32-,33+,34+,38-/m0/s1. The van der Waals surface area contributed by atoms with Crippen molar-refractivity contribution in [3.8, 4) is 0 Å². The fourth-order valence-corrected chi connectivity index (χ4v) is 9.39. The Morgan fingerprint density at radius 3 is 2.53 bits per heavy atom. The van der Waals surface area contributed by atoms with Crippen LogP contribution in [0.25, 0.3) is 0 Å². The smallest absolute Gasteiger partial charge is 0.306 e. The summed E-state index contributed by atoms with van der Waals surface area (Å²) in [7, 11) is 0. The molecule has 3 saturated heterocycles. The number of hydrogen-bond donors (Lipinski definition) is 2. The molecule has 3 heterocycles. The van der Waals surface area contributed by atoms with E-state index in [2.05, 4.69) is 34.4 Å². The van der Waals surface area contributed by atoms with Crippen molar-refractivity contribution in [2.24, 2.45) is 11.8 Å². The first-order valence-electron chi connectivity index (χ1n) is 18.0. The number of halogens is 1. The highest BCUT2D eigenvalue weighted by Gasteiger charge is 2.76. The van der Waals surface area contributed by atoms with Crippen molar-refractivity contribution in [1.29, 1.82) is 0 Å². The number of nitrogens with zero attached hydrogens (tertiary/aromatic N) is 2. The van der Waals surface area contributed by atoms with Gasteiger partial charge in [-0.1, -0.05) is 90.5 Å². The van der Waals surface area contributed by atoms with Crippen LogP contribution in [0.15, 0.2) is 55.6 Å². The van der Waals surface area contributed by atoms with Crippen molar-refractivity contribution in [1.82, 2.24) is 15.1 Å². The largest absolute Gasteiger partial charge is 0.463 e. The average Bonchev–Trinajstić information content (AvgIpc) is 3.71. The van der Waals surface area contributed by atoms with Crippen LogP contribution in [0.5, 0.6) is 0 Å². The molecule has 5 rings (SSSR count). The van der Waals surface area contributed by atoms with E-state index in [0.717, 1.165) is 50.5 Å². The molecule has 3 amide bonds. The zero-order valence-electron chi connectivity index (χ0n) is 28.5. The van der Waals surface area contributed by atoms with Gasteiger partial charge in [0.25, 0.3) is 0 Å². The number of carbonyl (C=O) groups is 4. The number of likely N-dealkylation sites (tertiary alicyclic amines) is 1. The fraction of sp³-hybridized carbons (Fsp3) is 0.632. The summed E-state index contributed by atoms with van der Waals surface area (Å²) >= 11 is 3.79. The summed E-state index contributed by atoms with van der Waals surface area (Å²) < 4.78 is 12.4. The van der Waals surface area contributed by atoms with E-state index in [1.54, 1.807) is 17.1 Å². The van der Waals surface area contributed by atoms with Gasteiger partial charge in [-0.3, -0.25) is 19.2 Å². The Balaban J connectivity index is 1.44. The van der Waals surface area contributed by atoms with Crippen molar-refractivity contribution in [3.05, 3.63) is 61.2 Å². The third kappa shape index (κ3) is 7.99. The Bertz CT molecular complexity index is 1340. The summed E-state index contributed by atoms with van der Waals surface area (Å²) in [4.78, 5) is 59.6. The molecule has 1 aliphatic carbocycles. The monoisotopic (exact) mass is 741 g/mol. The molecule has 1 saturated carbocycles. The molecular formula is C38H52BrN3O7. The number of fused-ring (bicyclic) bond motifs is 1. The van der Waals surface area contributed by atoms with Gasteiger partial charge in [-0.15, -0.1) is 13.2 Å². The number of ether oxygens (including phenoxy) is 2. The van der Waals surface area contributed by atoms with Gasteiger partial charge < -0.3 is 29.7 Å². The van der Waals surface area contributed by atoms with Gasteiger partial charge in [0.15, 0.2) is 0 Å². The normalized spacial score (nSPS) is 28.2. The first kappa shape index (κ1) is 37.2. The first-order chi connectivity index (χ1) is 23.8. The summed E-state index contributed by atoms with van der Waals surface area (Å²) in [6, 6.07) is 7.87. The number of esters is 1. The quantitative estimate of drug-likeness (QED) is 0.0939. The SMILES string of the molecule is C=CCCC(=O)OC[C@H](NC(=O)[C@H]1[C@@H]2O[C@@]3(CC2Br)[C@@H]1C(=O)N(CCCCCCO)[C@@H]3C(=O)N(CC=C)C1CCCCC1)c1ccccc1. The molecule has 3 aliphatic heterocycles. The highest BCUT2D eigenvalue weighted by molar-refractivity contribution is 9.09. The van der Waals surface area contributed by atoms with E-state index in [-0.39, 0.29) is 54.2 Å². The average molecular weight is 743 g/mol. The van der Waals surface area contributed by atoms with Crippen LogP contribution in [0.1, 0.15) is 88.7 Å². The minimum Gasteiger partial charge on any atom is -0.463 e. The number of carbonyl (C=O) groups excluding carboxylic acids is 4. The van der Waals surface area contributed by atoms with Crippen molar-refractivity contribution in [2.75, 3.05) is 26.3 Å². The summed E-state index contributed by atoms with van der Waals surface area (Å²) in [6.45, 7) is 8.41. The summed E-state index contributed by atoms with van der Waals surface area (Å²) in [6.07, 6.45) is 12.0. The molecule has 7 atom stereocenters. The van der Waals surface area contributed by atoms with E-state index in [4.69, 9.17) is 9.47 Å². The highest BCUT2D eigenvalue weighted by atomic mass is 79.9. The lowest BCUT2D eigenvalue weighted by molar-refractivity contribution is -0.150. The van der Waals surface area contributed by atoms with Crippen molar-refractivity contribution < 1.29 is 33.8 Å². The van der Waals surface area contributed by atoms with Crippen molar-refractivity contribution in [3.63, 3.8) is 0 Å². The lowest BCUT2D eigenvalue weighted by Gasteiger charge is -2.41. The molecule has 1 unspecified atom stereocenters. The zero-order valence-corrected chi connectivity index (χ0v) is 30.1. The fourth-order valence-electron chi connectivity index (χ4n) is 8.45. The Hall–Kier alpha value is -3.02. The van der Waals surface area contributed by atoms with E-state index in [0.29, 0.717) is 38.8 Å². The Morgan fingerprint density at radius 2 is 1.84 bits per heavy atom. The second-order valence-electron chi connectivity index (χ2n) is 13.9. The number of unbranched alkanes of at least 4 members (excludes halogenated alkanes) is 3.